The molecule has 0 spiro atoms. The summed E-state index contributed by atoms with van der Waals surface area (Å²) in [6, 6.07) is 8.68. The van der Waals surface area contributed by atoms with Crippen LogP contribution in [0.4, 0.5) is 5.69 Å². The van der Waals surface area contributed by atoms with Crippen LogP contribution in [-0.2, 0) is 0 Å². The Hall–Kier alpha value is -2.34. The molecule has 1 aromatic heterocycles. The fraction of sp³-hybridized carbons (Fsp3) is 0.143. The fourth-order valence-electron chi connectivity index (χ4n) is 1.92. The number of H-pyrrole nitrogens is 1. The number of anilines is 1. The highest BCUT2D eigenvalue weighted by atomic mass is 32.1. The number of hydrogen-bond acceptors (Lipinski definition) is 4. The maximum atomic E-state index is 12.1. The number of carbonyl (C=O) groups is 1. The van der Waals surface area contributed by atoms with Crippen LogP contribution < -0.4 is 14.8 Å². The average Bonchev–Trinajstić information content (AvgIpc) is 2.47. The number of rotatable bonds is 2. The van der Waals surface area contributed by atoms with Crippen molar-refractivity contribution in [2.45, 2.75) is 0 Å². The molecule has 20 heavy (non-hydrogen) atoms. The van der Waals surface area contributed by atoms with Crippen LogP contribution in [0.15, 0.2) is 36.5 Å². The molecule has 2 aromatic rings. The van der Waals surface area contributed by atoms with Gasteiger partial charge in [-0.1, -0.05) is 12.2 Å². The SMILES string of the molecule is O=C(Nc1ccc2c(c1)OCCO2)c1ccc[nH]c1=S. The molecule has 1 aliphatic rings. The summed E-state index contributed by atoms with van der Waals surface area (Å²) in [5, 5.41) is 2.79. The Morgan fingerprint density at radius 3 is 2.80 bits per heavy atom. The number of aromatic nitrogens is 1. The van der Waals surface area contributed by atoms with Crippen molar-refractivity contribution >= 4 is 23.8 Å². The summed E-state index contributed by atoms with van der Waals surface area (Å²) < 4.78 is 11.3. The molecule has 2 N–H and O–H groups in total. The van der Waals surface area contributed by atoms with Gasteiger partial charge >= 0.3 is 0 Å². The van der Waals surface area contributed by atoms with Gasteiger partial charge < -0.3 is 19.8 Å². The molecular formula is C14H12N2O3S. The first-order chi connectivity index (χ1) is 9.74. The van der Waals surface area contributed by atoms with E-state index in [4.69, 9.17) is 21.7 Å². The molecule has 1 aromatic carbocycles. The predicted octanol–water partition coefficient (Wildman–Crippen LogP) is 2.77. The van der Waals surface area contributed by atoms with Crippen molar-refractivity contribution < 1.29 is 14.3 Å². The first-order valence-corrected chi connectivity index (χ1v) is 6.53. The number of nitrogens with one attached hydrogen (secondary N) is 2. The van der Waals surface area contributed by atoms with Crippen LogP contribution >= 0.6 is 12.2 Å². The second kappa shape index (κ2) is 5.34. The lowest BCUT2D eigenvalue weighted by atomic mass is 10.2. The zero-order valence-electron chi connectivity index (χ0n) is 10.5. The Morgan fingerprint density at radius 2 is 2.00 bits per heavy atom. The molecule has 0 saturated heterocycles. The van der Waals surface area contributed by atoms with Crippen LogP contribution in [0.5, 0.6) is 11.5 Å². The number of benzene rings is 1. The van der Waals surface area contributed by atoms with E-state index in [-0.39, 0.29) is 5.91 Å². The molecule has 1 amide bonds. The molecular weight excluding hydrogens is 276 g/mol. The minimum atomic E-state index is -0.261. The van der Waals surface area contributed by atoms with E-state index in [0.29, 0.717) is 40.6 Å². The second-order valence-corrected chi connectivity index (χ2v) is 4.63. The smallest absolute Gasteiger partial charge is 0.258 e. The van der Waals surface area contributed by atoms with Gasteiger partial charge in [0.25, 0.3) is 5.91 Å². The van der Waals surface area contributed by atoms with Crippen molar-refractivity contribution in [1.82, 2.24) is 4.98 Å². The highest BCUT2D eigenvalue weighted by molar-refractivity contribution is 7.71. The van der Waals surface area contributed by atoms with E-state index in [9.17, 15) is 4.79 Å². The summed E-state index contributed by atoms with van der Waals surface area (Å²) in [5.41, 5.74) is 1.06. The van der Waals surface area contributed by atoms with Crippen molar-refractivity contribution in [3.63, 3.8) is 0 Å². The van der Waals surface area contributed by atoms with Crippen LogP contribution in [-0.4, -0.2) is 24.1 Å². The summed E-state index contributed by atoms with van der Waals surface area (Å²) in [6.45, 7) is 1.05. The molecule has 0 atom stereocenters. The summed E-state index contributed by atoms with van der Waals surface area (Å²) in [7, 11) is 0. The minimum absolute atomic E-state index is 0.261. The highest BCUT2D eigenvalue weighted by Gasteiger charge is 2.13. The topological polar surface area (TPSA) is 63.4 Å². The number of amides is 1. The van der Waals surface area contributed by atoms with E-state index in [2.05, 4.69) is 10.3 Å². The van der Waals surface area contributed by atoms with Crippen molar-refractivity contribution in [1.29, 1.82) is 0 Å². The van der Waals surface area contributed by atoms with Crippen LogP contribution in [0.3, 0.4) is 0 Å². The quantitative estimate of drug-likeness (QED) is 0.834. The van der Waals surface area contributed by atoms with E-state index >= 15 is 0 Å². The van der Waals surface area contributed by atoms with Gasteiger partial charge in [0, 0.05) is 18.0 Å². The summed E-state index contributed by atoms with van der Waals surface area (Å²) >= 11 is 5.08. The molecule has 0 unspecified atom stereocenters. The Balaban J connectivity index is 1.83. The van der Waals surface area contributed by atoms with Crippen molar-refractivity contribution in [3.05, 3.63) is 46.7 Å². The van der Waals surface area contributed by atoms with Gasteiger partial charge in [0.05, 0.1) is 5.56 Å². The Bertz CT molecular complexity index is 712. The normalized spacial score (nSPS) is 12.8. The number of aromatic amines is 1. The van der Waals surface area contributed by atoms with Gasteiger partial charge in [-0.2, -0.15) is 0 Å². The molecule has 5 nitrogen and oxygen atoms in total. The van der Waals surface area contributed by atoms with Gasteiger partial charge in [-0.3, -0.25) is 4.79 Å². The zero-order valence-corrected chi connectivity index (χ0v) is 11.3. The molecule has 1 aliphatic heterocycles. The van der Waals surface area contributed by atoms with Gasteiger partial charge in [0.2, 0.25) is 0 Å². The summed E-state index contributed by atoms with van der Waals surface area (Å²) in [5.74, 6) is 1.06. The lowest BCUT2D eigenvalue weighted by Crippen LogP contribution is -2.16. The molecule has 0 saturated carbocycles. The van der Waals surface area contributed by atoms with E-state index < -0.39 is 0 Å². The third-order valence-electron chi connectivity index (χ3n) is 2.86. The summed E-state index contributed by atoms with van der Waals surface area (Å²) in [6.07, 6.45) is 1.68. The van der Waals surface area contributed by atoms with Crippen molar-refractivity contribution in [2.24, 2.45) is 0 Å². The molecule has 2 heterocycles. The van der Waals surface area contributed by atoms with Gasteiger partial charge in [-0.05, 0) is 24.3 Å². The highest BCUT2D eigenvalue weighted by Crippen LogP contribution is 2.32. The summed E-state index contributed by atoms with van der Waals surface area (Å²) in [4.78, 5) is 15.0. The van der Waals surface area contributed by atoms with Crippen LogP contribution in [0.25, 0.3) is 0 Å². The third-order valence-corrected chi connectivity index (χ3v) is 3.20. The van der Waals surface area contributed by atoms with Crippen LogP contribution in [0.1, 0.15) is 10.4 Å². The minimum Gasteiger partial charge on any atom is -0.486 e. The van der Waals surface area contributed by atoms with E-state index in [1.807, 2.05) is 0 Å². The Morgan fingerprint density at radius 1 is 1.20 bits per heavy atom. The molecule has 3 rings (SSSR count). The van der Waals surface area contributed by atoms with E-state index in [0.717, 1.165) is 0 Å². The zero-order chi connectivity index (χ0) is 13.9. The Labute approximate surface area is 120 Å². The molecule has 0 aliphatic carbocycles. The van der Waals surface area contributed by atoms with E-state index in [1.54, 1.807) is 36.5 Å². The average molecular weight is 288 g/mol. The lowest BCUT2D eigenvalue weighted by Gasteiger charge is -2.19. The lowest BCUT2D eigenvalue weighted by molar-refractivity contribution is 0.102. The molecule has 102 valence electrons. The van der Waals surface area contributed by atoms with Gasteiger partial charge in [0.1, 0.15) is 17.9 Å². The standard InChI is InChI=1S/C14H12N2O3S/c17-13(10-2-1-5-15-14(10)20)16-9-3-4-11-12(8-9)19-7-6-18-11/h1-5,8H,6-7H2,(H,15,20)(H,16,17). The monoisotopic (exact) mass is 288 g/mol. The number of ether oxygens (including phenoxy) is 2. The maximum Gasteiger partial charge on any atom is 0.258 e. The maximum absolute atomic E-state index is 12.1. The predicted molar refractivity (Wildman–Crippen MR) is 77.0 cm³/mol. The fourth-order valence-corrected chi connectivity index (χ4v) is 2.15. The molecule has 0 fully saturated rings. The largest absolute Gasteiger partial charge is 0.486 e. The van der Waals surface area contributed by atoms with Gasteiger partial charge in [0.15, 0.2) is 11.5 Å². The first-order valence-electron chi connectivity index (χ1n) is 6.13. The first kappa shape index (κ1) is 12.7. The van der Waals surface area contributed by atoms with E-state index in [1.165, 1.54) is 0 Å². The number of pyridine rings is 1. The number of hydrogen-bond donors (Lipinski definition) is 2. The van der Waals surface area contributed by atoms with Crippen molar-refractivity contribution in [3.8, 4) is 11.5 Å². The van der Waals surface area contributed by atoms with Crippen molar-refractivity contribution in [2.75, 3.05) is 18.5 Å². The molecule has 0 radical (unpaired) electrons. The van der Waals surface area contributed by atoms with Gasteiger partial charge in [-0.15, -0.1) is 0 Å². The second-order valence-electron chi connectivity index (χ2n) is 4.23. The number of carbonyl (C=O) groups excluding carboxylic acids is 1. The molecule has 6 heteroatoms. The third kappa shape index (κ3) is 2.50. The van der Waals surface area contributed by atoms with Crippen LogP contribution in [0.2, 0.25) is 0 Å². The van der Waals surface area contributed by atoms with Crippen LogP contribution in [0, 0.1) is 4.64 Å². The number of fused-ring (bicyclic) bond motifs is 1. The Kier molecular flexibility index (Phi) is 3.39. The molecule has 0 bridgehead atoms. The van der Waals surface area contributed by atoms with Gasteiger partial charge in [-0.25, -0.2) is 0 Å².